The molecule has 3 saturated carbocycles. The van der Waals surface area contributed by atoms with E-state index in [-0.39, 0.29) is 37.7 Å². The second kappa shape index (κ2) is 21.6. The van der Waals surface area contributed by atoms with Gasteiger partial charge in [0, 0.05) is 18.8 Å². The first-order valence-corrected chi connectivity index (χ1v) is 26.6. The lowest BCUT2D eigenvalue weighted by Gasteiger charge is -2.64. The summed E-state index contributed by atoms with van der Waals surface area (Å²) in [6.45, 7) is 6.86. The van der Waals surface area contributed by atoms with Crippen LogP contribution in [0.15, 0.2) is 11.6 Å². The maximum absolute atomic E-state index is 13.1. The van der Waals surface area contributed by atoms with Gasteiger partial charge in [0.2, 0.25) is 0 Å². The smallest absolute Gasteiger partial charge is 0.187 e. The minimum atomic E-state index is -1.88. The third-order valence-corrected chi connectivity index (χ3v) is 19.6. The Hall–Kier alpha value is -1.26. The van der Waals surface area contributed by atoms with Gasteiger partial charge in [-0.2, -0.15) is 0 Å². The summed E-state index contributed by atoms with van der Waals surface area (Å²) >= 11 is 0. The Morgan fingerprint density at radius 1 is 0.693 bits per heavy atom. The van der Waals surface area contributed by atoms with Crippen molar-refractivity contribution in [3.63, 3.8) is 0 Å². The number of aliphatic hydroxyl groups excluding tert-OH is 13. The molecule has 4 aliphatic carbocycles. The first-order chi connectivity index (χ1) is 35.2. The van der Waals surface area contributed by atoms with Gasteiger partial charge >= 0.3 is 0 Å². The highest BCUT2D eigenvalue weighted by Gasteiger charge is 2.83. The third-order valence-electron chi connectivity index (χ3n) is 19.6. The van der Waals surface area contributed by atoms with E-state index in [2.05, 4.69) is 6.92 Å². The third kappa shape index (κ3) is 9.50. The Bertz CT molecular complexity index is 2010. The van der Waals surface area contributed by atoms with Gasteiger partial charge in [-0.3, -0.25) is 0 Å². The highest BCUT2D eigenvalue weighted by molar-refractivity contribution is 5.34. The lowest BCUT2D eigenvalue weighted by atomic mass is 9.43. The van der Waals surface area contributed by atoms with Crippen LogP contribution in [-0.2, 0) is 42.6 Å². The number of hydrogen-bond donors (Lipinski definition) is 16. The van der Waals surface area contributed by atoms with E-state index in [0.29, 0.717) is 32.1 Å². The molecule has 5 heterocycles. The topological polar surface area (TPSA) is 407 Å². The van der Waals surface area contributed by atoms with Gasteiger partial charge in [0.05, 0.1) is 61.9 Å². The predicted octanol–water partition coefficient (Wildman–Crippen LogP) is -5.17. The zero-order valence-electron chi connectivity index (χ0n) is 42.9. The van der Waals surface area contributed by atoms with Crippen LogP contribution in [0.5, 0.6) is 0 Å². The molecule has 432 valence electrons. The maximum atomic E-state index is 13.1. The lowest BCUT2D eigenvalue weighted by Crippen LogP contribution is -2.71. The normalized spacial score (nSPS) is 56.3. The molecule has 31 atom stereocenters. The van der Waals surface area contributed by atoms with E-state index in [9.17, 15) is 81.7 Å². The van der Waals surface area contributed by atoms with Gasteiger partial charge in [-0.05, 0) is 68.6 Å². The molecule has 16 N–H and O–H groups in total. The van der Waals surface area contributed by atoms with Crippen LogP contribution >= 0.6 is 0 Å². The largest absolute Gasteiger partial charge is 0.394 e. The molecule has 75 heavy (non-hydrogen) atoms. The molecule has 8 fully saturated rings. The van der Waals surface area contributed by atoms with Crippen LogP contribution in [-0.4, -0.2) is 260 Å². The standard InChI is InChI=1S/C50H82O25/c1-19(17-67-42-37(61)35(59)33(57)27(15-51)71-42)8-11-49(65)21(3)50(66)30(75-49)14-48(64)24-7-6-22-12-23(9-10-46(22,4)25(24)13-29(54)47(48,50)5)70-45-41(74-44-38(62)34(58)31(55)20(2)69-44)39(63)40(28(16-52)72-45)73-43-36(60)32(56)26(53)18-68-43/h6,19-21,23-45,51-66H,7-18H2,1-5H3/t19-,20+,21-,23+,24-,25+,26-,27-,28-,29-,30+,31+,32+,33-,34-,35+,36-,37-,38-,39+,40-,41-,42-,43+,44+,45-,46+,47+,48-,49-,50-/m1/s1. The summed E-state index contributed by atoms with van der Waals surface area (Å²) in [5.74, 6) is -3.89. The second-order valence-electron chi connectivity index (χ2n) is 23.7. The quantitative estimate of drug-likeness (QED) is 0.0723. The Kier molecular flexibility index (Phi) is 16.8. The minimum Gasteiger partial charge on any atom is -0.394 e. The number of ether oxygens (including phenoxy) is 9. The summed E-state index contributed by atoms with van der Waals surface area (Å²) in [5.41, 5.74) is -4.72. The molecule has 0 bridgehead atoms. The molecule has 9 rings (SSSR count). The first kappa shape index (κ1) is 58.4. The van der Waals surface area contributed by atoms with Gasteiger partial charge in [0.25, 0.3) is 0 Å². The van der Waals surface area contributed by atoms with Gasteiger partial charge < -0.3 is 124 Å². The number of rotatable bonds is 14. The van der Waals surface area contributed by atoms with Gasteiger partial charge in [-0.15, -0.1) is 0 Å². The predicted molar refractivity (Wildman–Crippen MR) is 248 cm³/mol. The zero-order chi connectivity index (χ0) is 54.6. The van der Waals surface area contributed by atoms with Crippen molar-refractivity contribution in [1.29, 1.82) is 0 Å². The second-order valence-corrected chi connectivity index (χ2v) is 23.7. The van der Waals surface area contributed by atoms with Crippen molar-refractivity contribution >= 4 is 0 Å². The average Bonchev–Trinajstić information content (AvgIpc) is 3.69. The van der Waals surface area contributed by atoms with Crippen molar-refractivity contribution in [3.8, 4) is 0 Å². The molecular weight excluding hydrogens is 1000 g/mol. The molecule has 5 saturated heterocycles. The first-order valence-electron chi connectivity index (χ1n) is 26.6. The fraction of sp³-hybridized carbons (Fsp3) is 0.960. The summed E-state index contributed by atoms with van der Waals surface area (Å²) in [7, 11) is 0. The number of fused-ring (bicyclic) bond motifs is 7. The van der Waals surface area contributed by atoms with Crippen LogP contribution < -0.4 is 0 Å². The van der Waals surface area contributed by atoms with E-state index >= 15 is 0 Å². The molecule has 0 spiro atoms. The van der Waals surface area contributed by atoms with Crippen LogP contribution in [0.25, 0.3) is 0 Å². The van der Waals surface area contributed by atoms with E-state index < -0.39 is 195 Å². The van der Waals surface area contributed by atoms with Crippen LogP contribution in [0.2, 0.25) is 0 Å². The molecule has 0 amide bonds. The summed E-state index contributed by atoms with van der Waals surface area (Å²) in [5, 5.41) is 176. The van der Waals surface area contributed by atoms with E-state index in [1.807, 2.05) is 13.0 Å². The molecule has 5 aliphatic heterocycles. The Labute approximate surface area is 434 Å². The van der Waals surface area contributed by atoms with E-state index in [0.717, 1.165) is 5.57 Å². The number of hydrogen-bond acceptors (Lipinski definition) is 25. The Morgan fingerprint density at radius 3 is 2.03 bits per heavy atom. The average molecular weight is 1080 g/mol. The molecule has 0 aromatic rings. The van der Waals surface area contributed by atoms with E-state index in [4.69, 9.17) is 42.6 Å². The Morgan fingerprint density at radius 2 is 1.33 bits per heavy atom. The molecule has 0 unspecified atom stereocenters. The fourth-order valence-corrected chi connectivity index (χ4v) is 14.6. The van der Waals surface area contributed by atoms with Crippen molar-refractivity contribution in [2.75, 3.05) is 26.4 Å². The van der Waals surface area contributed by atoms with Crippen molar-refractivity contribution < 1.29 is 124 Å². The number of allylic oxidation sites excluding steroid dienone is 1. The van der Waals surface area contributed by atoms with Gasteiger partial charge in [0.15, 0.2) is 30.9 Å². The highest BCUT2D eigenvalue weighted by Crippen LogP contribution is 2.73. The van der Waals surface area contributed by atoms with E-state index in [1.54, 1.807) is 13.8 Å². The summed E-state index contributed by atoms with van der Waals surface area (Å²) in [6.07, 6.45) is -28.0. The molecule has 0 aromatic carbocycles. The molecule has 0 aromatic heterocycles. The zero-order valence-corrected chi connectivity index (χ0v) is 42.9. The van der Waals surface area contributed by atoms with Gasteiger partial charge in [-0.1, -0.05) is 39.3 Å². The highest BCUT2D eigenvalue weighted by atomic mass is 16.8. The summed E-state index contributed by atoms with van der Waals surface area (Å²) in [6, 6.07) is 0. The van der Waals surface area contributed by atoms with Crippen molar-refractivity contribution in [2.24, 2.45) is 34.5 Å². The monoisotopic (exact) mass is 1080 g/mol. The maximum Gasteiger partial charge on any atom is 0.187 e. The number of aliphatic hydroxyl groups is 16. The van der Waals surface area contributed by atoms with Gasteiger partial charge in [-0.25, -0.2) is 0 Å². The van der Waals surface area contributed by atoms with Crippen molar-refractivity contribution in [3.05, 3.63) is 11.6 Å². The van der Waals surface area contributed by atoms with Crippen molar-refractivity contribution in [1.82, 2.24) is 0 Å². The molecule has 25 nitrogen and oxygen atoms in total. The van der Waals surface area contributed by atoms with Gasteiger partial charge in [0.1, 0.15) is 91.1 Å². The SMILES string of the molecule is C[C@H](CC[C@@]1(O)O[C@H]2C[C@@]3(O)[C@@H]4CC=C5C[C@@H](O[C@@H]6O[C@H](CO)[C@@H](O[C@@H]7OC[C@@H](O)[C@H](O)[C@H]7O)[C@H](O)[C@H]6O[C@@H]6O[C@@H](C)[C@H](O)[C@@H](O)[C@H]6O)CC[C@]5(C)[C@H]4C[C@@H](O)[C@]3(C)[C@@]2(O)[C@@H]1C)CO[C@@H]1O[C@H](CO)[C@@H](O)[C@H](O)[C@H]1O. The van der Waals surface area contributed by atoms with E-state index in [1.165, 1.54) is 6.92 Å². The van der Waals surface area contributed by atoms with Crippen LogP contribution in [0.3, 0.4) is 0 Å². The fourth-order valence-electron chi connectivity index (χ4n) is 14.6. The molecular formula is C50H82O25. The summed E-state index contributed by atoms with van der Waals surface area (Å²) in [4.78, 5) is 0. The van der Waals surface area contributed by atoms with Crippen LogP contribution in [0.1, 0.15) is 86.0 Å². The van der Waals surface area contributed by atoms with Crippen LogP contribution in [0.4, 0.5) is 0 Å². The Balaban J connectivity index is 0.883. The molecule has 9 aliphatic rings. The van der Waals surface area contributed by atoms with Crippen molar-refractivity contribution in [2.45, 2.75) is 238 Å². The molecule has 25 heteroatoms. The lowest BCUT2D eigenvalue weighted by molar-refractivity contribution is -0.386. The summed E-state index contributed by atoms with van der Waals surface area (Å²) < 4.78 is 53.5. The minimum absolute atomic E-state index is 0.00424. The molecule has 0 radical (unpaired) electrons. The van der Waals surface area contributed by atoms with Crippen LogP contribution in [0, 0.1) is 34.5 Å².